The highest BCUT2D eigenvalue weighted by Gasteiger charge is 1.99. The molecule has 0 aliphatic heterocycles. The lowest BCUT2D eigenvalue weighted by Crippen LogP contribution is -1.94. The van der Waals surface area contributed by atoms with Gasteiger partial charge in [-0.15, -0.1) is 0 Å². The van der Waals surface area contributed by atoms with E-state index in [4.69, 9.17) is 0 Å². The summed E-state index contributed by atoms with van der Waals surface area (Å²) in [6, 6.07) is 12.0. The molecule has 1 N–H and O–H groups in total. The molecule has 0 atom stereocenters. The number of nitrogens with one attached hydrogen (secondary N) is 1. The van der Waals surface area contributed by atoms with Gasteiger partial charge in [-0.2, -0.15) is 5.10 Å². The van der Waals surface area contributed by atoms with Crippen LogP contribution in [-0.2, 0) is 7.05 Å². The fourth-order valence-electron chi connectivity index (χ4n) is 1.29. The molecule has 3 heteroatoms. The third-order valence-corrected chi connectivity index (χ3v) is 2.16. The number of nitrogens with zero attached hydrogens (tertiary/aromatic N) is 2. The summed E-state index contributed by atoms with van der Waals surface area (Å²) >= 11 is 0. The molecule has 3 nitrogen and oxygen atoms in total. The quantitative estimate of drug-likeness (QED) is 0.782. The smallest absolute Gasteiger partial charge is 0.152 e. The molecule has 1 heterocycles. The molecule has 0 spiro atoms. The molecule has 0 aliphatic carbocycles. The van der Waals surface area contributed by atoms with Gasteiger partial charge in [-0.3, -0.25) is 4.68 Å². The lowest BCUT2D eigenvalue weighted by atomic mass is 10.3. The SMILES string of the molecule is Cc1cc(Nc2ccccc2)nn1C. The topological polar surface area (TPSA) is 29.9 Å². The van der Waals surface area contributed by atoms with Crippen molar-refractivity contribution in [1.29, 1.82) is 0 Å². The number of anilines is 2. The summed E-state index contributed by atoms with van der Waals surface area (Å²) in [6.45, 7) is 2.03. The molecule has 0 fully saturated rings. The second kappa shape index (κ2) is 3.54. The molecule has 0 aliphatic rings. The number of benzene rings is 1. The van der Waals surface area contributed by atoms with E-state index < -0.39 is 0 Å². The average molecular weight is 187 g/mol. The van der Waals surface area contributed by atoms with E-state index in [0.717, 1.165) is 17.2 Å². The fourth-order valence-corrected chi connectivity index (χ4v) is 1.29. The van der Waals surface area contributed by atoms with Crippen molar-refractivity contribution >= 4 is 11.5 Å². The number of aromatic nitrogens is 2. The Kier molecular flexibility index (Phi) is 2.23. The van der Waals surface area contributed by atoms with Gasteiger partial charge in [0.15, 0.2) is 5.82 Å². The number of rotatable bonds is 2. The van der Waals surface area contributed by atoms with Gasteiger partial charge in [0.1, 0.15) is 0 Å². The lowest BCUT2D eigenvalue weighted by Gasteiger charge is -2.00. The maximum Gasteiger partial charge on any atom is 0.152 e. The summed E-state index contributed by atoms with van der Waals surface area (Å²) in [6.07, 6.45) is 0. The van der Waals surface area contributed by atoms with Crippen LogP contribution >= 0.6 is 0 Å². The highest BCUT2D eigenvalue weighted by molar-refractivity contribution is 5.55. The summed E-state index contributed by atoms with van der Waals surface area (Å²) in [5.41, 5.74) is 2.20. The standard InChI is InChI=1S/C11H13N3/c1-9-8-11(13-14(9)2)12-10-6-4-3-5-7-10/h3-8H,1-2H3,(H,12,13). The molecule has 0 saturated carbocycles. The van der Waals surface area contributed by atoms with E-state index >= 15 is 0 Å². The van der Waals surface area contributed by atoms with Crippen molar-refractivity contribution in [2.24, 2.45) is 7.05 Å². The van der Waals surface area contributed by atoms with Crippen LogP contribution in [0.15, 0.2) is 36.4 Å². The van der Waals surface area contributed by atoms with Crippen LogP contribution in [-0.4, -0.2) is 9.78 Å². The van der Waals surface area contributed by atoms with E-state index in [0.29, 0.717) is 0 Å². The minimum Gasteiger partial charge on any atom is -0.339 e. The predicted octanol–water partition coefficient (Wildman–Crippen LogP) is 2.47. The van der Waals surface area contributed by atoms with Crippen molar-refractivity contribution in [3.05, 3.63) is 42.1 Å². The Balaban J connectivity index is 2.19. The Hall–Kier alpha value is -1.77. The molecule has 0 radical (unpaired) electrons. The zero-order valence-electron chi connectivity index (χ0n) is 8.36. The molecule has 0 unspecified atom stereocenters. The van der Waals surface area contributed by atoms with Crippen LogP contribution in [0.5, 0.6) is 0 Å². The van der Waals surface area contributed by atoms with E-state index in [9.17, 15) is 0 Å². The summed E-state index contributed by atoms with van der Waals surface area (Å²) in [4.78, 5) is 0. The highest BCUT2D eigenvalue weighted by atomic mass is 15.3. The van der Waals surface area contributed by atoms with Crippen LogP contribution in [0.25, 0.3) is 0 Å². The second-order valence-electron chi connectivity index (χ2n) is 3.29. The Labute approximate surface area is 83.4 Å². The average Bonchev–Trinajstić information content (AvgIpc) is 2.47. The number of aryl methyl sites for hydroxylation is 2. The highest BCUT2D eigenvalue weighted by Crippen LogP contribution is 2.14. The van der Waals surface area contributed by atoms with Gasteiger partial charge in [-0.25, -0.2) is 0 Å². The Morgan fingerprint density at radius 3 is 2.50 bits per heavy atom. The minimum absolute atomic E-state index is 0.885. The van der Waals surface area contributed by atoms with Crippen molar-refractivity contribution < 1.29 is 0 Å². The lowest BCUT2D eigenvalue weighted by molar-refractivity contribution is 0.743. The van der Waals surface area contributed by atoms with Crippen LogP contribution in [0.4, 0.5) is 11.5 Å². The number of hydrogen-bond acceptors (Lipinski definition) is 2. The van der Waals surface area contributed by atoms with Gasteiger partial charge < -0.3 is 5.32 Å². The molecule has 1 aromatic carbocycles. The zero-order chi connectivity index (χ0) is 9.97. The molecule has 0 amide bonds. The first-order chi connectivity index (χ1) is 6.75. The Morgan fingerprint density at radius 2 is 1.93 bits per heavy atom. The van der Waals surface area contributed by atoms with Gasteiger partial charge in [0.25, 0.3) is 0 Å². The third kappa shape index (κ3) is 1.76. The number of para-hydroxylation sites is 1. The van der Waals surface area contributed by atoms with Crippen molar-refractivity contribution in [2.45, 2.75) is 6.92 Å². The van der Waals surface area contributed by atoms with Crippen molar-refractivity contribution in [2.75, 3.05) is 5.32 Å². The fraction of sp³-hybridized carbons (Fsp3) is 0.182. The number of hydrogen-bond donors (Lipinski definition) is 1. The molecular formula is C11H13N3. The molecule has 1 aromatic heterocycles. The first-order valence-corrected chi connectivity index (χ1v) is 4.58. The molecular weight excluding hydrogens is 174 g/mol. The zero-order valence-corrected chi connectivity index (χ0v) is 8.36. The first kappa shape index (κ1) is 8.81. The monoisotopic (exact) mass is 187 g/mol. The Bertz CT molecular complexity index is 398. The predicted molar refractivity (Wildman–Crippen MR) is 57.7 cm³/mol. The molecule has 2 rings (SSSR count). The van der Waals surface area contributed by atoms with Crippen LogP contribution in [0.2, 0.25) is 0 Å². The largest absolute Gasteiger partial charge is 0.339 e. The summed E-state index contributed by atoms with van der Waals surface area (Å²) in [5.74, 6) is 0.885. The van der Waals surface area contributed by atoms with E-state index in [1.807, 2.05) is 55.1 Å². The van der Waals surface area contributed by atoms with Gasteiger partial charge in [-0.1, -0.05) is 18.2 Å². The molecule has 72 valence electrons. The normalized spacial score (nSPS) is 10.1. The van der Waals surface area contributed by atoms with Gasteiger partial charge in [-0.05, 0) is 19.1 Å². The molecule has 0 saturated heterocycles. The van der Waals surface area contributed by atoms with Gasteiger partial charge in [0.2, 0.25) is 0 Å². The molecule has 2 aromatic rings. The third-order valence-electron chi connectivity index (χ3n) is 2.16. The van der Waals surface area contributed by atoms with Crippen molar-refractivity contribution in [3.63, 3.8) is 0 Å². The van der Waals surface area contributed by atoms with Crippen molar-refractivity contribution in [3.8, 4) is 0 Å². The molecule has 0 bridgehead atoms. The summed E-state index contributed by atoms with van der Waals surface area (Å²) in [5, 5.41) is 7.54. The van der Waals surface area contributed by atoms with Crippen LogP contribution < -0.4 is 5.32 Å². The van der Waals surface area contributed by atoms with Crippen LogP contribution in [0.3, 0.4) is 0 Å². The van der Waals surface area contributed by atoms with E-state index in [1.54, 1.807) is 0 Å². The van der Waals surface area contributed by atoms with Crippen molar-refractivity contribution in [1.82, 2.24) is 9.78 Å². The first-order valence-electron chi connectivity index (χ1n) is 4.58. The van der Waals surface area contributed by atoms with Crippen LogP contribution in [0.1, 0.15) is 5.69 Å². The van der Waals surface area contributed by atoms with Gasteiger partial charge >= 0.3 is 0 Å². The van der Waals surface area contributed by atoms with Gasteiger partial charge in [0.05, 0.1) is 0 Å². The minimum atomic E-state index is 0.885. The van der Waals surface area contributed by atoms with E-state index in [-0.39, 0.29) is 0 Å². The summed E-state index contributed by atoms with van der Waals surface area (Å²) < 4.78 is 1.85. The Morgan fingerprint density at radius 1 is 1.21 bits per heavy atom. The molecule has 14 heavy (non-hydrogen) atoms. The second-order valence-corrected chi connectivity index (χ2v) is 3.29. The van der Waals surface area contributed by atoms with E-state index in [2.05, 4.69) is 10.4 Å². The van der Waals surface area contributed by atoms with E-state index in [1.165, 1.54) is 0 Å². The van der Waals surface area contributed by atoms with Gasteiger partial charge in [0, 0.05) is 24.5 Å². The maximum atomic E-state index is 4.31. The van der Waals surface area contributed by atoms with Crippen LogP contribution in [0, 0.1) is 6.92 Å². The maximum absolute atomic E-state index is 4.31. The summed E-state index contributed by atoms with van der Waals surface area (Å²) in [7, 11) is 1.94.